The van der Waals surface area contributed by atoms with Crippen molar-refractivity contribution in [3.63, 3.8) is 0 Å². The summed E-state index contributed by atoms with van der Waals surface area (Å²) in [5.41, 5.74) is 1.62. The fraction of sp³-hybridized carbons (Fsp3) is 0.600. The first-order valence-electron chi connectivity index (χ1n) is 6.59. The number of aromatic nitrogens is 1. The molecule has 0 aliphatic heterocycles. The Hall–Kier alpha value is -1.42. The van der Waals surface area contributed by atoms with Crippen molar-refractivity contribution in [1.29, 1.82) is 0 Å². The first-order chi connectivity index (χ1) is 8.76. The largest absolute Gasteiger partial charge is 0.460 e. The van der Waals surface area contributed by atoms with E-state index in [1.807, 2.05) is 52.9 Å². The molecule has 0 fully saturated rings. The first kappa shape index (κ1) is 15.6. The number of rotatable bonds is 5. The van der Waals surface area contributed by atoms with Crippen LogP contribution in [-0.2, 0) is 16.1 Å². The van der Waals surface area contributed by atoms with E-state index in [9.17, 15) is 4.79 Å². The normalized spacial score (nSPS) is 11.7. The number of ether oxygens (including phenoxy) is 1. The summed E-state index contributed by atoms with van der Waals surface area (Å²) in [6, 6.07) is 5.97. The Morgan fingerprint density at radius 2 is 2.05 bits per heavy atom. The lowest BCUT2D eigenvalue weighted by Gasteiger charge is -2.21. The van der Waals surface area contributed by atoms with E-state index in [2.05, 4.69) is 9.88 Å². The standard InChI is InChI=1S/C15H24N2O2/c1-12-7-6-8-13(16-12)11-17(5)10-9-14(18)19-15(2,3)4/h6-8H,9-11H2,1-5H3. The second kappa shape index (κ2) is 6.66. The topological polar surface area (TPSA) is 42.4 Å². The van der Waals surface area contributed by atoms with Gasteiger partial charge in [-0.1, -0.05) is 6.07 Å². The van der Waals surface area contributed by atoms with Crippen molar-refractivity contribution in [2.24, 2.45) is 0 Å². The van der Waals surface area contributed by atoms with Gasteiger partial charge in [-0.3, -0.25) is 14.7 Å². The predicted molar refractivity (Wildman–Crippen MR) is 75.8 cm³/mol. The van der Waals surface area contributed by atoms with Gasteiger partial charge >= 0.3 is 5.97 Å². The third-order valence-electron chi connectivity index (χ3n) is 2.50. The SMILES string of the molecule is Cc1cccc(CN(C)CCC(=O)OC(C)(C)C)n1. The molecule has 0 amide bonds. The summed E-state index contributed by atoms with van der Waals surface area (Å²) in [6.45, 7) is 9.03. The van der Waals surface area contributed by atoms with Crippen molar-refractivity contribution >= 4 is 5.97 Å². The molecule has 1 rings (SSSR count). The molecular weight excluding hydrogens is 240 g/mol. The summed E-state index contributed by atoms with van der Waals surface area (Å²) >= 11 is 0. The maximum absolute atomic E-state index is 11.6. The van der Waals surface area contributed by atoms with E-state index in [4.69, 9.17) is 4.74 Å². The molecule has 0 saturated carbocycles. The minimum absolute atomic E-state index is 0.156. The average Bonchev–Trinajstić information content (AvgIpc) is 2.24. The molecule has 106 valence electrons. The third kappa shape index (κ3) is 6.91. The molecular formula is C15H24N2O2. The van der Waals surface area contributed by atoms with E-state index in [0.717, 1.165) is 17.9 Å². The van der Waals surface area contributed by atoms with Crippen LogP contribution in [0.4, 0.5) is 0 Å². The zero-order valence-corrected chi connectivity index (χ0v) is 12.6. The van der Waals surface area contributed by atoms with Crippen LogP contribution in [-0.4, -0.2) is 35.0 Å². The Morgan fingerprint density at radius 3 is 2.63 bits per heavy atom. The van der Waals surface area contributed by atoms with Crippen molar-refractivity contribution in [2.75, 3.05) is 13.6 Å². The summed E-state index contributed by atoms with van der Waals surface area (Å²) in [7, 11) is 1.98. The second-order valence-electron chi connectivity index (χ2n) is 5.84. The fourth-order valence-electron chi connectivity index (χ4n) is 1.72. The lowest BCUT2D eigenvalue weighted by molar-refractivity contribution is -0.155. The maximum Gasteiger partial charge on any atom is 0.307 e. The summed E-state index contributed by atoms with van der Waals surface area (Å²) in [5.74, 6) is -0.156. The number of nitrogens with zero attached hydrogens (tertiary/aromatic N) is 2. The minimum atomic E-state index is -0.409. The molecule has 0 radical (unpaired) electrons. The van der Waals surface area contributed by atoms with E-state index in [-0.39, 0.29) is 5.97 Å². The molecule has 0 aliphatic rings. The highest BCUT2D eigenvalue weighted by Gasteiger charge is 2.16. The van der Waals surface area contributed by atoms with Gasteiger partial charge in [-0.2, -0.15) is 0 Å². The molecule has 0 aliphatic carbocycles. The van der Waals surface area contributed by atoms with Gasteiger partial charge in [-0.15, -0.1) is 0 Å². The molecule has 0 bridgehead atoms. The van der Waals surface area contributed by atoms with Crippen molar-refractivity contribution in [2.45, 2.75) is 46.3 Å². The van der Waals surface area contributed by atoms with Crippen molar-refractivity contribution < 1.29 is 9.53 Å². The number of carbonyl (C=O) groups excluding carboxylic acids is 1. The van der Waals surface area contributed by atoms with Crippen LogP contribution in [0.25, 0.3) is 0 Å². The molecule has 0 atom stereocenters. The summed E-state index contributed by atoms with van der Waals surface area (Å²) in [6.07, 6.45) is 0.402. The Morgan fingerprint density at radius 1 is 1.37 bits per heavy atom. The van der Waals surface area contributed by atoms with Gasteiger partial charge in [0.05, 0.1) is 12.1 Å². The smallest absolute Gasteiger partial charge is 0.307 e. The lowest BCUT2D eigenvalue weighted by Crippen LogP contribution is -2.27. The molecule has 0 N–H and O–H groups in total. The van der Waals surface area contributed by atoms with Crippen LogP contribution >= 0.6 is 0 Å². The van der Waals surface area contributed by atoms with Crippen molar-refractivity contribution in [1.82, 2.24) is 9.88 Å². The molecule has 0 saturated heterocycles. The van der Waals surface area contributed by atoms with Crippen LogP contribution < -0.4 is 0 Å². The first-order valence-corrected chi connectivity index (χ1v) is 6.59. The van der Waals surface area contributed by atoms with Crippen molar-refractivity contribution in [3.8, 4) is 0 Å². The number of aryl methyl sites for hydroxylation is 1. The van der Waals surface area contributed by atoms with Crippen molar-refractivity contribution in [3.05, 3.63) is 29.6 Å². The van der Waals surface area contributed by atoms with Gasteiger partial charge < -0.3 is 4.74 Å². The molecule has 19 heavy (non-hydrogen) atoms. The van der Waals surface area contributed by atoms with Gasteiger partial charge in [0, 0.05) is 18.8 Å². The maximum atomic E-state index is 11.6. The Bertz CT molecular complexity index is 424. The predicted octanol–water partition coefficient (Wildman–Crippen LogP) is 2.55. The number of carbonyl (C=O) groups is 1. The third-order valence-corrected chi connectivity index (χ3v) is 2.50. The molecule has 4 heteroatoms. The van der Waals surface area contributed by atoms with Crippen LogP contribution in [0.2, 0.25) is 0 Å². The molecule has 1 aromatic heterocycles. The summed E-state index contributed by atoms with van der Waals surface area (Å²) in [4.78, 5) is 18.1. The highest BCUT2D eigenvalue weighted by molar-refractivity contribution is 5.70. The molecule has 1 aromatic rings. The Balaban J connectivity index is 2.36. The van der Waals surface area contributed by atoms with Crippen LogP contribution in [0.5, 0.6) is 0 Å². The van der Waals surface area contributed by atoms with E-state index in [1.165, 1.54) is 0 Å². The Labute approximate surface area is 115 Å². The second-order valence-corrected chi connectivity index (χ2v) is 5.84. The van der Waals surface area contributed by atoms with Crippen LogP contribution in [0, 0.1) is 6.92 Å². The number of hydrogen-bond donors (Lipinski definition) is 0. The number of hydrogen-bond acceptors (Lipinski definition) is 4. The quantitative estimate of drug-likeness (QED) is 0.767. The van der Waals surface area contributed by atoms with E-state index >= 15 is 0 Å². The van der Waals surface area contributed by atoms with E-state index in [0.29, 0.717) is 13.0 Å². The summed E-state index contributed by atoms with van der Waals surface area (Å²) < 4.78 is 5.28. The van der Waals surface area contributed by atoms with E-state index < -0.39 is 5.60 Å². The van der Waals surface area contributed by atoms with E-state index in [1.54, 1.807) is 0 Å². The zero-order valence-electron chi connectivity index (χ0n) is 12.6. The zero-order chi connectivity index (χ0) is 14.5. The number of esters is 1. The summed E-state index contributed by atoms with van der Waals surface area (Å²) in [5, 5.41) is 0. The van der Waals surface area contributed by atoms with Crippen LogP contribution in [0.3, 0.4) is 0 Å². The molecule has 4 nitrogen and oxygen atoms in total. The molecule has 0 unspecified atom stereocenters. The molecule has 1 heterocycles. The molecule has 0 spiro atoms. The lowest BCUT2D eigenvalue weighted by atomic mass is 10.2. The van der Waals surface area contributed by atoms with Gasteiger partial charge in [0.25, 0.3) is 0 Å². The Kier molecular flexibility index (Phi) is 5.48. The van der Waals surface area contributed by atoms with Gasteiger partial charge in [0.15, 0.2) is 0 Å². The highest BCUT2D eigenvalue weighted by Crippen LogP contribution is 2.09. The monoisotopic (exact) mass is 264 g/mol. The van der Waals surface area contributed by atoms with Crippen LogP contribution in [0.1, 0.15) is 38.6 Å². The fourth-order valence-corrected chi connectivity index (χ4v) is 1.72. The highest BCUT2D eigenvalue weighted by atomic mass is 16.6. The van der Waals surface area contributed by atoms with Crippen LogP contribution in [0.15, 0.2) is 18.2 Å². The van der Waals surface area contributed by atoms with Gasteiger partial charge in [-0.05, 0) is 46.9 Å². The van der Waals surface area contributed by atoms with Gasteiger partial charge in [0.2, 0.25) is 0 Å². The molecule has 0 aromatic carbocycles. The number of pyridine rings is 1. The van der Waals surface area contributed by atoms with Gasteiger partial charge in [0.1, 0.15) is 5.60 Å². The minimum Gasteiger partial charge on any atom is -0.460 e. The average molecular weight is 264 g/mol. The van der Waals surface area contributed by atoms with Gasteiger partial charge in [-0.25, -0.2) is 0 Å².